The van der Waals surface area contributed by atoms with Crippen LogP contribution in [0.3, 0.4) is 0 Å². The molecule has 3 amide bonds. The molecule has 9 aromatic rings. The molecule has 0 N–H and O–H groups in total. The second-order valence-electron chi connectivity index (χ2n) is 27.1. The van der Waals surface area contributed by atoms with Gasteiger partial charge in [0, 0.05) is 160 Å². The summed E-state index contributed by atoms with van der Waals surface area (Å²) in [7, 11) is 13.1. The quantitative estimate of drug-likeness (QED) is 0.0453. The monoisotopic (exact) mass is 1580 g/mol. The Balaban J connectivity index is 0.000000176. The Morgan fingerprint density at radius 2 is 0.736 bits per heavy atom. The number of hydrogen-bond acceptors (Lipinski definition) is 20. The fraction of sp³-hybridized carbons (Fsp3) is 0.388. The number of likely N-dealkylation sites (N-methyl/N-ethyl adjacent to an activating group) is 3. The number of thiophene rings is 1. The van der Waals surface area contributed by atoms with Gasteiger partial charge in [-0.25, -0.2) is 18.8 Å². The van der Waals surface area contributed by atoms with Crippen LogP contribution in [0.4, 0.5) is 21.5 Å². The summed E-state index contributed by atoms with van der Waals surface area (Å²) in [6, 6.07) is 32.1. The van der Waals surface area contributed by atoms with Gasteiger partial charge in [-0.3, -0.25) is 28.8 Å². The summed E-state index contributed by atoms with van der Waals surface area (Å²) in [6.07, 6.45) is 0. The summed E-state index contributed by atoms with van der Waals surface area (Å²) < 4.78 is 39.3. The van der Waals surface area contributed by atoms with Crippen molar-refractivity contribution in [2.24, 2.45) is 0 Å². The number of piperazine rings is 3. The van der Waals surface area contributed by atoms with E-state index in [0.717, 1.165) is 5.39 Å². The molecule has 30 heteroatoms. The van der Waals surface area contributed by atoms with Crippen LogP contribution in [0.1, 0.15) is 82.2 Å². The van der Waals surface area contributed by atoms with E-state index in [9.17, 15) is 47.5 Å². The van der Waals surface area contributed by atoms with Crippen LogP contribution in [0, 0.1) is 5.82 Å². The number of benzene rings is 5. The van der Waals surface area contributed by atoms with E-state index < -0.39 is 34.8 Å². The Morgan fingerprint density at radius 1 is 0.427 bits per heavy atom. The Labute approximate surface area is 656 Å². The smallest absolute Gasteiger partial charge is 0.345 e. The van der Waals surface area contributed by atoms with Crippen LogP contribution in [0.15, 0.2) is 135 Å². The van der Waals surface area contributed by atoms with Crippen molar-refractivity contribution in [2.75, 3.05) is 182 Å². The lowest BCUT2D eigenvalue weighted by Crippen LogP contribution is -2.49. The Kier molecular flexibility index (Phi) is 28.3. The van der Waals surface area contributed by atoms with E-state index in [-0.39, 0.29) is 59.8 Å². The van der Waals surface area contributed by atoms with Gasteiger partial charge in [0.1, 0.15) is 28.3 Å². The number of esters is 3. The normalized spacial score (nSPS) is 13.9. The molecule has 110 heavy (non-hydrogen) atoms. The summed E-state index contributed by atoms with van der Waals surface area (Å²) in [4.78, 5) is 137. The number of hydrogen-bond donors (Lipinski definition) is 0. The van der Waals surface area contributed by atoms with Gasteiger partial charge in [0.2, 0.25) is 0 Å². The highest BCUT2D eigenvalue weighted by molar-refractivity contribution is 7.12. The third-order valence-electron chi connectivity index (χ3n) is 19.2. The zero-order valence-corrected chi connectivity index (χ0v) is 66.6. The van der Waals surface area contributed by atoms with Crippen LogP contribution in [-0.4, -0.2) is 246 Å². The lowest BCUT2D eigenvalue weighted by Gasteiger charge is -2.37. The number of carbonyl (C=O) groups excluding carboxylic acids is 6. The molecule has 3 saturated heterocycles. The van der Waals surface area contributed by atoms with Gasteiger partial charge in [0.05, 0.1) is 65.4 Å². The Bertz CT molecular complexity index is 5020. The molecule has 0 atom stereocenters. The van der Waals surface area contributed by atoms with Gasteiger partial charge >= 0.3 is 17.9 Å². The molecule has 3 aliphatic rings. The number of methoxy groups -OCH3 is 1. The number of aromatic nitrogens is 3. The van der Waals surface area contributed by atoms with E-state index in [1.54, 1.807) is 123 Å². The van der Waals surface area contributed by atoms with Crippen LogP contribution in [-0.2, 0) is 33.8 Å². The maximum atomic E-state index is 13.8. The van der Waals surface area contributed by atoms with E-state index in [0.29, 0.717) is 199 Å². The number of pyridine rings is 3. The molecule has 584 valence electrons. The molecular formula is C80H92Cl3FN12O13S. The zero-order valence-electron chi connectivity index (χ0n) is 63.5. The molecule has 0 spiro atoms. The second-order valence-corrected chi connectivity index (χ2v) is 29.4. The first-order valence-corrected chi connectivity index (χ1v) is 38.4. The van der Waals surface area contributed by atoms with Crippen molar-refractivity contribution in [3.63, 3.8) is 0 Å². The molecule has 3 fully saturated rings. The highest BCUT2D eigenvalue weighted by Crippen LogP contribution is 2.37. The number of halogens is 4. The van der Waals surface area contributed by atoms with Crippen LogP contribution < -0.4 is 36.1 Å². The van der Waals surface area contributed by atoms with E-state index >= 15 is 0 Å². The number of nitrogens with zero attached hydrogens (tertiary/aromatic N) is 12. The average Bonchev–Trinajstić information content (AvgIpc) is 0.824. The summed E-state index contributed by atoms with van der Waals surface area (Å²) in [6.45, 7) is 13.8. The first-order valence-electron chi connectivity index (χ1n) is 36.4. The molecular weight excluding hydrogens is 1490 g/mol. The van der Waals surface area contributed by atoms with E-state index in [1.165, 1.54) is 35.6 Å². The van der Waals surface area contributed by atoms with Crippen molar-refractivity contribution in [3.8, 4) is 5.75 Å². The van der Waals surface area contributed by atoms with Crippen molar-refractivity contribution in [1.82, 2.24) is 43.1 Å². The lowest BCUT2D eigenvalue weighted by molar-refractivity contribution is 0.0514. The van der Waals surface area contributed by atoms with Crippen LogP contribution in [0.2, 0.25) is 15.1 Å². The maximum absolute atomic E-state index is 13.8. The van der Waals surface area contributed by atoms with Crippen molar-refractivity contribution in [3.05, 3.63) is 205 Å². The molecule has 0 bridgehead atoms. The van der Waals surface area contributed by atoms with Gasteiger partial charge in [-0.05, 0) is 178 Å². The zero-order chi connectivity index (χ0) is 79.2. The molecule has 4 aromatic heterocycles. The predicted molar refractivity (Wildman–Crippen MR) is 431 cm³/mol. The molecule has 0 saturated carbocycles. The molecule has 12 rings (SSSR count). The van der Waals surface area contributed by atoms with E-state index in [4.69, 9.17) is 53.8 Å². The SMILES string of the molecule is CCOC(=O)c1c(N2CCN(C(=O)c3ccc(F)cc3)CC2)c2cc(Cl)ccc2n(CCN(C)C)c1=O.CCOC(=O)c1c(N2CCN(C(=O)c3ccc(OC)cc3)CC2)c2cc(Cl)ccc2n(CCN(C)C)c1=O.CCOC(=O)c1c(N2CCN(C(=O)c3cccs3)CC2)c2cc(Cl)ccc2n(CCN(C)C)c1=O. The molecule has 0 unspecified atom stereocenters. The minimum Gasteiger partial charge on any atom is -0.497 e. The molecule has 5 aromatic carbocycles. The minimum absolute atomic E-state index is 0.00253. The first-order chi connectivity index (χ1) is 52.8. The summed E-state index contributed by atoms with van der Waals surface area (Å²) in [5.74, 6) is -2.00. The number of fused-ring (bicyclic) bond motifs is 3. The fourth-order valence-electron chi connectivity index (χ4n) is 13.6. The Hall–Kier alpha value is -9.87. The third kappa shape index (κ3) is 19.1. The van der Waals surface area contributed by atoms with Gasteiger partial charge in [-0.15, -0.1) is 11.3 Å². The van der Waals surface area contributed by atoms with Crippen molar-refractivity contribution < 1.29 is 52.1 Å². The third-order valence-corrected chi connectivity index (χ3v) is 20.7. The molecule has 3 aliphatic heterocycles. The molecule has 0 radical (unpaired) electrons. The van der Waals surface area contributed by atoms with Gasteiger partial charge in [0.15, 0.2) is 0 Å². The van der Waals surface area contributed by atoms with Gasteiger partial charge < -0.3 is 76.7 Å². The summed E-state index contributed by atoms with van der Waals surface area (Å²) >= 11 is 20.6. The standard InChI is InChI=1S/C28H33ClN4O5.C27H30ClFN4O4.C25H29ClN4O4S/c1-5-38-28(36)24-25(22-18-20(29)8-11-23(22)33(27(24)35)17-12-30(2)3)31-13-15-32(16-14-31)26(34)19-6-9-21(37-4)10-7-19;1-4-37-27(36)23-24(21-17-19(28)7-10-22(21)33(26(23)35)16-11-30(2)3)31-12-14-32(15-13-31)25(34)18-5-8-20(29)9-6-18;1-4-34-25(33)21-22(28-10-12-29(13-11-28)23(31)20-6-5-15-35-20)18-16-17(26)7-8-19(18)30(24(21)32)14-9-27(2)3/h6-11,18H,5,12-17H2,1-4H3;5-10,17H,4,11-16H2,1-3H3;5-8,15-16H,4,9-14H2,1-3H3. The number of amides is 3. The summed E-state index contributed by atoms with van der Waals surface area (Å²) in [5, 5.41) is 5.47. The van der Waals surface area contributed by atoms with Crippen LogP contribution in [0.5, 0.6) is 5.75 Å². The van der Waals surface area contributed by atoms with Gasteiger partial charge in [0.25, 0.3) is 34.4 Å². The Morgan fingerprint density at radius 3 is 1.02 bits per heavy atom. The average molecular weight is 1590 g/mol. The lowest BCUT2D eigenvalue weighted by atomic mass is 10.1. The van der Waals surface area contributed by atoms with E-state index in [2.05, 4.69) is 0 Å². The number of anilines is 3. The second kappa shape index (κ2) is 37.7. The molecule has 0 aliphatic carbocycles. The fourth-order valence-corrected chi connectivity index (χ4v) is 14.8. The highest BCUT2D eigenvalue weighted by atomic mass is 35.5. The van der Waals surface area contributed by atoms with Crippen molar-refractivity contribution in [2.45, 2.75) is 40.4 Å². The number of rotatable bonds is 22. The highest BCUT2D eigenvalue weighted by Gasteiger charge is 2.35. The molecule has 25 nitrogen and oxygen atoms in total. The van der Waals surface area contributed by atoms with E-state index in [1.807, 2.05) is 101 Å². The van der Waals surface area contributed by atoms with Gasteiger partial charge in [-0.1, -0.05) is 40.9 Å². The molecule has 7 heterocycles. The maximum Gasteiger partial charge on any atom is 0.345 e. The first kappa shape index (κ1) is 82.6. The van der Waals surface area contributed by atoms with Crippen LogP contribution in [0.25, 0.3) is 32.7 Å². The topological polar surface area (TPSA) is 234 Å². The number of ether oxygens (including phenoxy) is 4. The van der Waals surface area contributed by atoms with Crippen LogP contribution >= 0.6 is 46.1 Å². The largest absolute Gasteiger partial charge is 0.497 e. The minimum atomic E-state index is -0.687. The number of carbonyl (C=O) groups is 6. The summed E-state index contributed by atoms with van der Waals surface area (Å²) in [5.41, 5.74) is 3.33. The van der Waals surface area contributed by atoms with Crippen molar-refractivity contribution >= 4 is 132 Å². The predicted octanol–water partition coefficient (Wildman–Crippen LogP) is 10.3. The van der Waals surface area contributed by atoms with Crippen molar-refractivity contribution in [1.29, 1.82) is 0 Å². The van der Waals surface area contributed by atoms with Gasteiger partial charge in [-0.2, -0.15) is 0 Å².